The van der Waals surface area contributed by atoms with Gasteiger partial charge in [-0.25, -0.2) is 4.39 Å². The van der Waals surface area contributed by atoms with Gasteiger partial charge in [-0.1, -0.05) is 12.1 Å². The number of aryl methyl sites for hydroxylation is 2. The molecular formula is C25H27FN4O2. The molecule has 5 rings (SSSR count). The van der Waals surface area contributed by atoms with Gasteiger partial charge in [-0.15, -0.1) is 0 Å². The normalized spacial score (nSPS) is 16.7. The zero-order valence-corrected chi connectivity index (χ0v) is 18.0. The highest BCUT2D eigenvalue weighted by atomic mass is 19.1. The van der Waals surface area contributed by atoms with Gasteiger partial charge in [-0.2, -0.15) is 0 Å². The van der Waals surface area contributed by atoms with Crippen molar-refractivity contribution < 1.29 is 14.0 Å². The van der Waals surface area contributed by atoms with Crippen LogP contribution < -0.4 is 5.32 Å². The standard InChI is InChI=1S/C25H27FN4O2/c26-17-8-10-18(11-9-17)27-23(31)16-29-12-14-30(15-13-29)25(32)21-6-3-5-20-19-4-1-2-7-22(19)28-24(20)21/h3,5-6,8-11,28H,1-2,4,7,12-16H2,(H,27,31). The second kappa shape index (κ2) is 8.74. The molecule has 1 aromatic heterocycles. The Labute approximate surface area is 186 Å². The van der Waals surface area contributed by atoms with Crippen LogP contribution in [0.15, 0.2) is 42.5 Å². The van der Waals surface area contributed by atoms with Crippen LogP contribution in [0.5, 0.6) is 0 Å². The molecule has 2 amide bonds. The second-order valence-electron chi connectivity index (χ2n) is 8.64. The smallest absolute Gasteiger partial charge is 0.256 e. The molecule has 1 saturated heterocycles. The summed E-state index contributed by atoms with van der Waals surface area (Å²) in [6.07, 6.45) is 4.52. The molecule has 2 aliphatic rings. The fourth-order valence-corrected chi connectivity index (χ4v) is 4.82. The molecule has 166 valence electrons. The van der Waals surface area contributed by atoms with Crippen LogP contribution >= 0.6 is 0 Å². The Morgan fingerprint density at radius 2 is 1.72 bits per heavy atom. The van der Waals surface area contributed by atoms with E-state index in [2.05, 4.69) is 16.4 Å². The summed E-state index contributed by atoms with van der Waals surface area (Å²) in [5.41, 5.74) is 4.93. The van der Waals surface area contributed by atoms with Crippen LogP contribution in [0.4, 0.5) is 10.1 Å². The Morgan fingerprint density at radius 1 is 0.969 bits per heavy atom. The number of nitrogens with zero attached hydrogens (tertiary/aromatic N) is 2. The number of aromatic nitrogens is 1. The van der Waals surface area contributed by atoms with Gasteiger partial charge in [-0.05, 0) is 61.6 Å². The lowest BCUT2D eigenvalue weighted by Crippen LogP contribution is -2.50. The van der Waals surface area contributed by atoms with Crippen LogP contribution in [0, 0.1) is 5.82 Å². The van der Waals surface area contributed by atoms with Crippen molar-refractivity contribution in [2.24, 2.45) is 0 Å². The number of rotatable bonds is 4. The zero-order valence-electron chi connectivity index (χ0n) is 18.0. The van der Waals surface area contributed by atoms with Crippen molar-refractivity contribution in [1.29, 1.82) is 0 Å². The van der Waals surface area contributed by atoms with E-state index in [0.29, 0.717) is 31.9 Å². The molecule has 2 aromatic carbocycles. The monoisotopic (exact) mass is 434 g/mol. The predicted octanol–water partition coefficient (Wildman–Crippen LogP) is 3.58. The summed E-state index contributed by atoms with van der Waals surface area (Å²) in [4.78, 5) is 33.1. The summed E-state index contributed by atoms with van der Waals surface area (Å²) in [5, 5.41) is 3.97. The minimum atomic E-state index is -0.334. The Morgan fingerprint density at radius 3 is 2.50 bits per heavy atom. The highest BCUT2D eigenvalue weighted by Crippen LogP contribution is 2.31. The maximum Gasteiger partial charge on any atom is 0.256 e. The zero-order chi connectivity index (χ0) is 22.1. The number of nitrogens with one attached hydrogen (secondary N) is 2. The third kappa shape index (κ3) is 4.12. The molecule has 2 heterocycles. The van der Waals surface area contributed by atoms with Crippen LogP contribution in [0.3, 0.4) is 0 Å². The Balaban J connectivity index is 1.21. The van der Waals surface area contributed by atoms with Crippen molar-refractivity contribution in [2.75, 3.05) is 38.0 Å². The number of piperazine rings is 1. The largest absolute Gasteiger partial charge is 0.358 e. The van der Waals surface area contributed by atoms with Gasteiger partial charge in [0, 0.05) is 42.9 Å². The maximum atomic E-state index is 13.3. The van der Waals surface area contributed by atoms with E-state index < -0.39 is 0 Å². The van der Waals surface area contributed by atoms with E-state index in [4.69, 9.17) is 0 Å². The number of H-pyrrole nitrogens is 1. The number of amides is 2. The summed E-state index contributed by atoms with van der Waals surface area (Å²) in [7, 11) is 0. The first-order valence-electron chi connectivity index (χ1n) is 11.3. The van der Waals surface area contributed by atoms with Gasteiger partial charge in [-0.3, -0.25) is 14.5 Å². The average molecular weight is 435 g/mol. The first-order chi connectivity index (χ1) is 15.6. The highest BCUT2D eigenvalue weighted by Gasteiger charge is 2.26. The number of benzene rings is 2. The Bertz CT molecular complexity index is 1150. The molecule has 1 aliphatic carbocycles. The highest BCUT2D eigenvalue weighted by molar-refractivity contribution is 6.07. The van der Waals surface area contributed by atoms with Crippen molar-refractivity contribution in [3.63, 3.8) is 0 Å². The number of carbonyl (C=O) groups is 2. The number of hydrogen-bond donors (Lipinski definition) is 2. The maximum absolute atomic E-state index is 13.3. The summed E-state index contributed by atoms with van der Waals surface area (Å²) in [5.74, 6) is -0.429. The van der Waals surface area contributed by atoms with Gasteiger partial charge in [0.2, 0.25) is 5.91 Å². The predicted molar refractivity (Wildman–Crippen MR) is 122 cm³/mol. The molecule has 32 heavy (non-hydrogen) atoms. The van der Waals surface area contributed by atoms with E-state index in [1.54, 1.807) is 12.1 Å². The van der Waals surface area contributed by atoms with E-state index >= 15 is 0 Å². The molecule has 3 aromatic rings. The van der Waals surface area contributed by atoms with E-state index in [1.165, 1.54) is 41.6 Å². The van der Waals surface area contributed by atoms with Crippen molar-refractivity contribution in [3.05, 3.63) is 65.1 Å². The molecular weight excluding hydrogens is 407 g/mol. The second-order valence-corrected chi connectivity index (χ2v) is 8.64. The molecule has 0 bridgehead atoms. The third-order valence-electron chi connectivity index (χ3n) is 6.52. The SMILES string of the molecule is O=C(CN1CCN(C(=O)c2cccc3c4c([nH]c23)CCCC4)CC1)Nc1ccc(F)cc1. The topological polar surface area (TPSA) is 68.4 Å². The minimum Gasteiger partial charge on any atom is -0.358 e. The number of carbonyl (C=O) groups excluding carboxylic acids is 2. The Kier molecular flexibility index (Phi) is 5.66. The first kappa shape index (κ1) is 20.7. The molecule has 6 nitrogen and oxygen atoms in total. The van der Waals surface area contributed by atoms with E-state index in [1.807, 2.05) is 21.9 Å². The quantitative estimate of drug-likeness (QED) is 0.660. The van der Waals surface area contributed by atoms with E-state index in [0.717, 1.165) is 23.9 Å². The van der Waals surface area contributed by atoms with Gasteiger partial charge >= 0.3 is 0 Å². The fraction of sp³-hybridized carbons (Fsp3) is 0.360. The summed E-state index contributed by atoms with van der Waals surface area (Å²) in [6, 6.07) is 11.7. The number of aromatic amines is 1. The molecule has 0 radical (unpaired) electrons. The molecule has 0 saturated carbocycles. The van der Waals surface area contributed by atoms with E-state index in [-0.39, 0.29) is 24.2 Å². The number of halogens is 1. The molecule has 2 N–H and O–H groups in total. The molecule has 0 unspecified atom stereocenters. The fourth-order valence-electron chi connectivity index (χ4n) is 4.82. The van der Waals surface area contributed by atoms with Crippen molar-refractivity contribution in [2.45, 2.75) is 25.7 Å². The number of para-hydroxylation sites is 1. The van der Waals surface area contributed by atoms with Crippen molar-refractivity contribution >= 4 is 28.4 Å². The molecule has 7 heteroatoms. The van der Waals surface area contributed by atoms with Gasteiger partial charge in [0.1, 0.15) is 5.82 Å². The van der Waals surface area contributed by atoms with Crippen LogP contribution in [-0.4, -0.2) is 59.3 Å². The van der Waals surface area contributed by atoms with Gasteiger partial charge in [0.25, 0.3) is 5.91 Å². The molecule has 1 aliphatic heterocycles. The van der Waals surface area contributed by atoms with Gasteiger partial charge < -0.3 is 15.2 Å². The number of anilines is 1. The van der Waals surface area contributed by atoms with Crippen LogP contribution in [0.25, 0.3) is 10.9 Å². The Hall–Kier alpha value is -3.19. The first-order valence-corrected chi connectivity index (χ1v) is 11.3. The third-order valence-corrected chi connectivity index (χ3v) is 6.52. The van der Waals surface area contributed by atoms with Crippen LogP contribution in [0.2, 0.25) is 0 Å². The van der Waals surface area contributed by atoms with E-state index in [9.17, 15) is 14.0 Å². The van der Waals surface area contributed by atoms with Crippen LogP contribution in [-0.2, 0) is 17.6 Å². The lowest BCUT2D eigenvalue weighted by molar-refractivity contribution is -0.117. The van der Waals surface area contributed by atoms with Gasteiger partial charge in [0.15, 0.2) is 0 Å². The molecule has 1 fully saturated rings. The summed E-state index contributed by atoms with van der Waals surface area (Å²) < 4.78 is 13.0. The average Bonchev–Trinajstić information content (AvgIpc) is 3.19. The van der Waals surface area contributed by atoms with Gasteiger partial charge in [0.05, 0.1) is 17.6 Å². The molecule has 0 atom stereocenters. The lowest BCUT2D eigenvalue weighted by atomic mass is 9.95. The lowest BCUT2D eigenvalue weighted by Gasteiger charge is -2.34. The number of fused-ring (bicyclic) bond motifs is 3. The minimum absolute atomic E-state index is 0.0459. The summed E-state index contributed by atoms with van der Waals surface area (Å²) >= 11 is 0. The molecule has 0 spiro atoms. The van der Waals surface area contributed by atoms with Crippen molar-refractivity contribution in [1.82, 2.24) is 14.8 Å². The van der Waals surface area contributed by atoms with Crippen LogP contribution in [0.1, 0.15) is 34.5 Å². The number of hydrogen-bond acceptors (Lipinski definition) is 3. The van der Waals surface area contributed by atoms with Crippen molar-refractivity contribution in [3.8, 4) is 0 Å². The summed E-state index contributed by atoms with van der Waals surface area (Å²) in [6.45, 7) is 2.69.